The van der Waals surface area contributed by atoms with E-state index in [0.717, 1.165) is 98.7 Å². The number of nitrogens with zero attached hydrogens (tertiary/aromatic N) is 2. The summed E-state index contributed by atoms with van der Waals surface area (Å²) in [6.45, 7) is 3.59. The van der Waals surface area contributed by atoms with Gasteiger partial charge in [0.2, 0.25) is 11.8 Å². The smallest absolute Gasteiger partial charge is 0.262 e. The van der Waals surface area contributed by atoms with Crippen LogP contribution >= 0.6 is 27.3 Å². The Labute approximate surface area is 337 Å². The third-order valence-electron chi connectivity index (χ3n) is 11.0. The lowest BCUT2D eigenvalue weighted by atomic mass is 9.90. The molecule has 2 N–H and O–H groups in total. The number of carbonyl (C=O) groups is 4. The van der Waals surface area contributed by atoms with Crippen molar-refractivity contribution in [3.8, 4) is 33.4 Å². The highest BCUT2D eigenvalue weighted by molar-refractivity contribution is 9.10. The number of carbonyl (C=O) groups excluding carboxylic acids is 4. The van der Waals surface area contributed by atoms with E-state index in [9.17, 15) is 24.3 Å². The number of rotatable bonds is 13. The first-order chi connectivity index (χ1) is 27.2. The average molecular weight is 837 g/mol. The van der Waals surface area contributed by atoms with Crippen LogP contribution in [-0.2, 0) is 16.0 Å². The summed E-state index contributed by atoms with van der Waals surface area (Å²) < 4.78 is 14.6. The van der Waals surface area contributed by atoms with E-state index in [0.29, 0.717) is 29.4 Å². The molecule has 4 heterocycles. The molecule has 4 amide bonds. The van der Waals surface area contributed by atoms with Gasteiger partial charge in [-0.15, -0.1) is 11.3 Å². The summed E-state index contributed by atoms with van der Waals surface area (Å²) in [7, 11) is 0. The number of benzene rings is 4. The molecule has 56 heavy (non-hydrogen) atoms. The van der Waals surface area contributed by atoms with Crippen LogP contribution in [0.4, 0.5) is 0 Å². The molecule has 0 aliphatic carbocycles. The maximum atomic E-state index is 13.2. The SMILES string of the molecule is O=C1CCC(N2C(=O)c3ccc(CCCCC4CCN(CCOc5ccc(Oc6c(-c7ccc(Br)cc7)sc7cc(O)ccc67)cc5)CC4)cc3C2=O)C(=O)N1. The standard InChI is InChI=1S/C44H42BrN3O7S/c45-30-8-6-29(7-9-30)41-40(35-16-10-31(49)26-38(35)56-41)55-33-13-11-32(12-14-33)54-24-23-47-21-19-27(20-22-47)3-1-2-4-28-5-15-34-36(25-28)44(53)48(43(34)52)37-17-18-39(50)46-42(37)51/h5-16,25-27,37,49H,1-4,17-24H2,(H,46,50,51). The molecule has 8 rings (SSSR count). The number of aryl methyl sites for hydroxylation is 1. The number of halogens is 1. The molecule has 0 saturated carbocycles. The van der Waals surface area contributed by atoms with Crippen molar-refractivity contribution >= 4 is 61.0 Å². The number of aromatic hydroxyl groups is 1. The van der Waals surface area contributed by atoms with Crippen molar-refractivity contribution in [1.82, 2.24) is 15.1 Å². The molecule has 10 nitrogen and oxygen atoms in total. The lowest BCUT2D eigenvalue weighted by molar-refractivity contribution is -0.136. The Morgan fingerprint density at radius 1 is 0.821 bits per heavy atom. The third-order valence-corrected chi connectivity index (χ3v) is 12.7. The summed E-state index contributed by atoms with van der Waals surface area (Å²) in [5.74, 6) is 1.29. The molecular formula is C44H42BrN3O7S. The van der Waals surface area contributed by atoms with Gasteiger partial charge in [0.05, 0.1) is 16.0 Å². The quantitative estimate of drug-likeness (QED) is 0.0892. The predicted octanol–water partition coefficient (Wildman–Crippen LogP) is 8.73. The van der Waals surface area contributed by atoms with Gasteiger partial charge < -0.3 is 14.6 Å². The Morgan fingerprint density at radius 3 is 2.34 bits per heavy atom. The minimum absolute atomic E-state index is 0.106. The van der Waals surface area contributed by atoms with Gasteiger partial charge in [0, 0.05) is 27.5 Å². The molecular weight excluding hydrogens is 794 g/mol. The van der Waals surface area contributed by atoms with Crippen LogP contribution in [-0.4, -0.2) is 70.8 Å². The van der Waals surface area contributed by atoms with Gasteiger partial charge in [-0.2, -0.15) is 0 Å². The molecule has 5 aromatic rings. The zero-order valence-electron chi connectivity index (χ0n) is 30.8. The summed E-state index contributed by atoms with van der Waals surface area (Å²) in [4.78, 5) is 54.5. The molecule has 0 bridgehead atoms. The van der Waals surface area contributed by atoms with E-state index in [1.54, 1.807) is 35.6 Å². The van der Waals surface area contributed by atoms with E-state index in [-0.39, 0.29) is 24.5 Å². The number of unbranched alkanes of at least 4 members (excludes halogenated alkanes) is 1. The van der Waals surface area contributed by atoms with E-state index in [1.165, 1.54) is 6.42 Å². The number of phenolic OH excluding ortho intramolecular Hbond substituents is 1. The summed E-state index contributed by atoms with van der Waals surface area (Å²) in [5.41, 5.74) is 2.72. The van der Waals surface area contributed by atoms with Crippen LogP contribution in [0.5, 0.6) is 23.0 Å². The van der Waals surface area contributed by atoms with Crippen molar-refractivity contribution in [3.63, 3.8) is 0 Å². The summed E-state index contributed by atoms with van der Waals surface area (Å²) >= 11 is 5.11. The minimum atomic E-state index is -0.947. The van der Waals surface area contributed by atoms with E-state index < -0.39 is 23.8 Å². The van der Waals surface area contributed by atoms with Gasteiger partial charge >= 0.3 is 0 Å². The van der Waals surface area contributed by atoms with Crippen molar-refractivity contribution in [2.24, 2.45) is 5.92 Å². The number of ether oxygens (including phenoxy) is 2. The number of imide groups is 2. The molecule has 3 aliphatic rings. The fraction of sp³-hybridized carbons (Fsp3) is 0.318. The molecule has 0 spiro atoms. The van der Waals surface area contributed by atoms with Gasteiger partial charge in [0.25, 0.3) is 11.8 Å². The van der Waals surface area contributed by atoms with Crippen molar-refractivity contribution in [2.75, 3.05) is 26.2 Å². The zero-order chi connectivity index (χ0) is 38.8. The molecule has 1 unspecified atom stereocenters. The highest BCUT2D eigenvalue weighted by Crippen LogP contribution is 2.47. The van der Waals surface area contributed by atoms with Crippen LogP contribution in [0.2, 0.25) is 0 Å². The second kappa shape index (κ2) is 16.6. The number of likely N-dealkylation sites (tertiary alicyclic amines) is 1. The topological polar surface area (TPSA) is 125 Å². The number of phenols is 1. The molecule has 1 atom stereocenters. The van der Waals surface area contributed by atoms with E-state index in [4.69, 9.17) is 9.47 Å². The highest BCUT2D eigenvalue weighted by atomic mass is 79.9. The minimum Gasteiger partial charge on any atom is -0.508 e. The first kappa shape index (κ1) is 37.9. The molecule has 288 valence electrons. The van der Waals surface area contributed by atoms with Crippen molar-refractivity contribution in [1.29, 1.82) is 0 Å². The van der Waals surface area contributed by atoms with Crippen LogP contribution in [0.1, 0.15) is 71.2 Å². The van der Waals surface area contributed by atoms with E-state index in [2.05, 4.69) is 38.3 Å². The fourth-order valence-corrected chi connectivity index (χ4v) is 9.34. The number of amides is 4. The lowest BCUT2D eigenvalue weighted by Gasteiger charge is -2.31. The Balaban J connectivity index is 0.758. The summed E-state index contributed by atoms with van der Waals surface area (Å²) in [6.07, 6.45) is 6.66. The molecule has 0 radical (unpaired) electrons. The number of thiophene rings is 1. The number of piperidine rings is 2. The van der Waals surface area contributed by atoms with Crippen LogP contribution in [0.3, 0.4) is 0 Å². The van der Waals surface area contributed by atoms with Crippen LogP contribution < -0.4 is 14.8 Å². The summed E-state index contributed by atoms with van der Waals surface area (Å²) in [6, 6.07) is 25.7. The van der Waals surface area contributed by atoms with Gasteiger partial charge in [-0.05, 0) is 129 Å². The Bertz CT molecular complexity index is 2280. The zero-order valence-corrected chi connectivity index (χ0v) is 33.2. The first-order valence-electron chi connectivity index (χ1n) is 19.2. The highest BCUT2D eigenvalue weighted by Gasteiger charge is 2.44. The predicted molar refractivity (Wildman–Crippen MR) is 218 cm³/mol. The third kappa shape index (κ3) is 8.23. The molecule has 2 fully saturated rings. The molecule has 2 saturated heterocycles. The number of hydrogen-bond acceptors (Lipinski definition) is 9. The number of nitrogens with one attached hydrogen (secondary N) is 1. The normalized spacial score (nSPS) is 17.7. The van der Waals surface area contributed by atoms with Gasteiger partial charge in [-0.25, -0.2) is 0 Å². The molecule has 3 aliphatic heterocycles. The molecule has 12 heteroatoms. The van der Waals surface area contributed by atoms with Crippen LogP contribution in [0, 0.1) is 5.92 Å². The van der Waals surface area contributed by atoms with E-state index in [1.807, 2.05) is 48.5 Å². The second-order valence-corrected chi connectivity index (χ2v) is 16.7. The average Bonchev–Trinajstić information content (AvgIpc) is 3.67. The molecule has 1 aromatic heterocycles. The van der Waals surface area contributed by atoms with Gasteiger partial charge in [0.1, 0.15) is 29.9 Å². The van der Waals surface area contributed by atoms with Crippen molar-refractivity contribution < 1.29 is 33.8 Å². The summed E-state index contributed by atoms with van der Waals surface area (Å²) in [5, 5.41) is 13.3. The van der Waals surface area contributed by atoms with Crippen molar-refractivity contribution in [3.05, 3.63) is 106 Å². The van der Waals surface area contributed by atoms with Crippen molar-refractivity contribution in [2.45, 2.75) is 57.4 Å². The maximum absolute atomic E-state index is 13.2. The monoisotopic (exact) mass is 835 g/mol. The lowest BCUT2D eigenvalue weighted by Crippen LogP contribution is -2.54. The van der Waals surface area contributed by atoms with Crippen LogP contribution in [0.15, 0.2) is 89.4 Å². The fourth-order valence-electron chi connectivity index (χ4n) is 7.90. The largest absolute Gasteiger partial charge is 0.508 e. The number of hydrogen-bond donors (Lipinski definition) is 2. The second-order valence-electron chi connectivity index (χ2n) is 14.7. The van der Waals surface area contributed by atoms with Crippen LogP contribution in [0.25, 0.3) is 20.5 Å². The van der Waals surface area contributed by atoms with Gasteiger partial charge in [-0.1, -0.05) is 47.0 Å². The first-order valence-corrected chi connectivity index (χ1v) is 20.8. The Morgan fingerprint density at radius 2 is 1.57 bits per heavy atom. The van der Waals surface area contributed by atoms with Gasteiger partial charge in [0.15, 0.2) is 5.75 Å². The number of fused-ring (bicyclic) bond motifs is 2. The molecule has 4 aromatic carbocycles. The van der Waals surface area contributed by atoms with E-state index >= 15 is 0 Å². The Kier molecular flexibility index (Phi) is 11.2. The maximum Gasteiger partial charge on any atom is 0.262 e. The Hall–Kier alpha value is -5.04. The van der Waals surface area contributed by atoms with Gasteiger partial charge in [-0.3, -0.25) is 34.3 Å².